The molecule has 19 heavy (non-hydrogen) atoms. The van der Waals surface area contributed by atoms with Gasteiger partial charge in [-0.15, -0.1) is 0 Å². The van der Waals surface area contributed by atoms with Crippen molar-refractivity contribution < 1.29 is 24.1 Å². The summed E-state index contributed by atoms with van der Waals surface area (Å²) in [6, 6.07) is 3.38. The van der Waals surface area contributed by atoms with Gasteiger partial charge in [0.25, 0.3) is 0 Å². The molecule has 0 bridgehead atoms. The molecule has 0 aliphatic carbocycles. The number of nitrogens with two attached hydrogens (primary N) is 1. The van der Waals surface area contributed by atoms with Gasteiger partial charge in [0.15, 0.2) is 11.5 Å². The van der Waals surface area contributed by atoms with Gasteiger partial charge in [-0.25, -0.2) is 0 Å². The Labute approximate surface area is 112 Å². The number of rotatable bonds is 6. The number of benzene rings is 1. The van der Waals surface area contributed by atoms with Gasteiger partial charge in [0.2, 0.25) is 5.75 Å². The second-order valence-electron chi connectivity index (χ2n) is 4.43. The monoisotopic (exact) mass is 269 g/mol. The van der Waals surface area contributed by atoms with Crippen LogP contribution in [0.25, 0.3) is 0 Å². The molecular formula is C13H19NO5. The summed E-state index contributed by atoms with van der Waals surface area (Å²) in [5, 5.41) is 9.04. The van der Waals surface area contributed by atoms with Gasteiger partial charge in [-0.05, 0) is 24.6 Å². The quantitative estimate of drug-likeness (QED) is 0.802. The van der Waals surface area contributed by atoms with Crippen LogP contribution in [0.2, 0.25) is 0 Å². The van der Waals surface area contributed by atoms with E-state index in [-0.39, 0.29) is 6.42 Å². The summed E-state index contributed by atoms with van der Waals surface area (Å²) in [4.78, 5) is 11.0. The molecule has 0 saturated carbocycles. The molecule has 0 aliphatic heterocycles. The molecule has 0 radical (unpaired) electrons. The summed E-state index contributed by atoms with van der Waals surface area (Å²) in [5.74, 6) is 0.333. The van der Waals surface area contributed by atoms with Crippen LogP contribution in [0.15, 0.2) is 12.1 Å². The molecule has 1 aromatic rings. The van der Waals surface area contributed by atoms with E-state index in [4.69, 9.17) is 25.1 Å². The number of carboxylic acids is 1. The molecule has 0 fully saturated rings. The highest BCUT2D eigenvalue weighted by Crippen LogP contribution is 2.38. The van der Waals surface area contributed by atoms with Crippen molar-refractivity contribution in [1.29, 1.82) is 0 Å². The molecule has 0 spiro atoms. The van der Waals surface area contributed by atoms with Crippen LogP contribution in [-0.2, 0) is 11.2 Å². The molecule has 1 atom stereocenters. The molecule has 1 aromatic carbocycles. The van der Waals surface area contributed by atoms with Crippen LogP contribution in [0.1, 0.15) is 12.5 Å². The summed E-state index contributed by atoms with van der Waals surface area (Å²) in [6.45, 7) is 1.46. The van der Waals surface area contributed by atoms with Crippen molar-refractivity contribution in [3.63, 3.8) is 0 Å². The summed E-state index contributed by atoms with van der Waals surface area (Å²) in [7, 11) is 4.50. The average molecular weight is 269 g/mol. The van der Waals surface area contributed by atoms with Gasteiger partial charge in [0.1, 0.15) is 5.54 Å². The van der Waals surface area contributed by atoms with Crippen LogP contribution in [0, 0.1) is 0 Å². The smallest absolute Gasteiger partial charge is 0.323 e. The summed E-state index contributed by atoms with van der Waals surface area (Å²) in [6.07, 6.45) is 0.152. The number of hydrogen-bond acceptors (Lipinski definition) is 5. The van der Waals surface area contributed by atoms with Crippen molar-refractivity contribution in [3.8, 4) is 17.2 Å². The molecule has 0 aromatic heterocycles. The Morgan fingerprint density at radius 3 is 2.00 bits per heavy atom. The van der Waals surface area contributed by atoms with Gasteiger partial charge in [0.05, 0.1) is 21.3 Å². The van der Waals surface area contributed by atoms with Gasteiger partial charge >= 0.3 is 5.97 Å². The molecule has 1 unspecified atom stereocenters. The third-order valence-corrected chi connectivity index (χ3v) is 2.78. The van der Waals surface area contributed by atoms with E-state index in [1.54, 1.807) is 12.1 Å². The minimum atomic E-state index is -1.36. The predicted molar refractivity (Wildman–Crippen MR) is 70.0 cm³/mol. The Balaban J connectivity index is 3.20. The molecule has 0 saturated heterocycles. The number of methoxy groups -OCH3 is 3. The summed E-state index contributed by atoms with van der Waals surface area (Å²) < 4.78 is 15.6. The van der Waals surface area contributed by atoms with Crippen LogP contribution in [0.3, 0.4) is 0 Å². The zero-order chi connectivity index (χ0) is 14.6. The number of carboxylic acid groups (broad SMARTS) is 1. The highest BCUT2D eigenvalue weighted by atomic mass is 16.5. The predicted octanol–water partition coefficient (Wildman–Crippen LogP) is 1.06. The van der Waals surface area contributed by atoms with E-state index in [0.29, 0.717) is 22.8 Å². The van der Waals surface area contributed by atoms with E-state index >= 15 is 0 Å². The topological polar surface area (TPSA) is 91.0 Å². The second-order valence-corrected chi connectivity index (χ2v) is 4.43. The second kappa shape index (κ2) is 5.79. The lowest BCUT2D eigenvalue weighted by molar-refractivity contribution is -0.142. The van der Waals surface area contributed by atoms with Crippen molar-refractivity contribution in [2.24, 2.45) is 5.73 Å². The molecule has 0 amide bonds. The van der Waals surface area contributed by atoms with E-state index < -0.39 is 11.5 Å². The zero-order valence-corrected chi connectivity index (χ0v) is 11.5. The van der Waals surface area contributed by atoms with Crippen LogP contribution in [0.4, 0.5) is 0 Å². The van der Waals surface area contributed by atoms with Crippen LogP contribution in [-0.4, -0.2) is 37.9 Å². The SMILES string of the molecule is COc1cc(CC(C)(N)C(=O)O)cc(OC)c1OC. The van der Waals surface area contributed by atoms with Crippen LogP contribution < -0.4 is 19.9 Å². The minimum Gasteiger partial charge on any atom is -0.493 e. The van der Waals surface area contributed by atoms with Crippen molar-refractivity contribution in [2.75, 3.05) is 21.3 Å². The lowest BCUT2D eigenvalue weighted by Crippen LogP contribution is -2.46. The maximum absolute atomic E-state index is 11.0. The van der Waals surface area contributed by atoms with Gasteiger partial charge in [-0.2, -0.15) is 0 Å². The van der Waals surface area contributed by atoms with E-state index in [9.17, 15) is 4.79 Å². The summed E-state index contributed by atoms with van der Waals surface area (Å²) >= 11 is 0. The van der Waals surface area contributed by atoms with Crippen LogP contribution in [0.5, 0.6) is 17.2 Å². The first-order valence-electron chi connectivity index (χ1n) is 5.67. The third kappa shape index (κ3) is 3.29. The van der Waals surface area contributed by atoms with E-state index in [1.165, 1.54) is 28.3 Å². The molecule has 6 nitrogen and oxygen atoms in total. The fourth-order valence-electron chi connectivity index (χ4n) is 1.74. The first kappa shape index (κ1) is 15.1. The first-order valence-corrected chi connectivity index (χ1v) is 5.67. The fourth-order valence-corrected chi connectivity index (χ4v) is 1.74. The Morgan fingerprint density at radius 2 is 1.68 bits per heavy atom. The summed E-state index contributed by atoms with van der Waals surface area (Å²) in [5.41, 5.74) is 5.07. The Morgan fingerprint density at radius 1 is 1.21 bits per heavy atom. The lowest BCUT2D eigenvalue weighted by atomic mass is 9.94. The molecular weight excluding hydrogens is 250 g/mol. The van der Waals surface area contributed by atoms with E-state index in [0.717, 1.165) is 0 Å². The number of ether oxygens (including phenoxy) is 3. The first-order chi connectivity index (χ1) is 8.85. The van der Waals surface area contributed by atoms with E-state index in [2.05, 4.69) is 0 Å². The zero-order valence-electron chi connectivity index (χ0n) is 11.5. The van der Waals surface area contributed by atoms with Crippen molar-refractivity contribution in [3.05, 3.63) is 17.7 Å². The average Bonchev–Trinajstić information content (AvgIpc) is 2.36. The highest BCUT2D eigenvalue weighted by Gasteiger charge is 2.29. The van der Waals surface area contributed by atoms with Crippen LogP contribution >= 0.6 is 0 Å². The van der Waals surface area contributed by atoms with Crippen molar-refractivity contribution in [2.45, 2.75) is 18.9 Å². The molecule has 0 aliphatic rings. The minimum absolute atomic E-state index is 0.152. The van der Waals surface area contributed by atoms with Gasteiger partial charge in [0, 0.05) is 6.42 Å². The fraction of sp³-hybridized carbons (Fsp3) is 0.462. The molecule has 106 valence electrons. The van der Waals surface area contributed by atoms with Crippen molar-refractivity contribution >= 4 is 5.97 Å². The van der Waals surface area contributed by atoms with E-state index in [1.807, 2.05) is 0 Å². The number of hydrogen-bond donors (Lipinski definition) is 2. The standard InChI is InChI=1S/C13H19NO5/c1-13(14,12(15)16)7-8-5-9(17-2)11(19-4)10(6-8)18-3/h5-6H,7,14H2,1-4H3,(H,15,16). The maximum atomic E-state index is 11.0. The largest absolute Gasteiger partial charge is 0.493 e. The Bertz CT molecular complexity index is 445. The Kier molecular flexibility index (Phi) is 4.61. The maximum Gasteiger partial charge on any atom is 0.323 e. The molecule has 3 N–H and O–H groups in total. The van der Waals surface area contributed by atoms with Crippen molar-refractivity contribution in [1.82, 2.24) is 0 Å². The molecule has 1 rings (SSSR count). The Hall–Kier alpha value is -1.95. The number of carbonyl (C=O) groups is 1. The number of aliphatic carboxylic acids is 1. The highest BCUT2D eigenvalue weighted by molar-refractivity contribution is 5.78. The lowest BCUT2D eigenvalue weighted by Gasteiger charge is -2.20. The van der Waals surface area contributed by atoms with Gasteiger partial charge in [-0.1, -0.05) is 0 Å². The normalized spacial score (nSPS) is 13.5. The van der Waals surface area contributed by atoms with Gasteiger partial charge < -0.3 is 25.1 Å². The molecule has 0 heterocycles. The third-order valence-electron chi connectivity index (χ3n) is 2.78. The molecule has 6 heteroatoms. The van der Waals surface area contributed by atoms with Gasteiger partial charge in [-0.3, -0.25) is 4.79 Å².